The number of fused-ring (bicyclic) bond motifs is 2. The molecule has 3 heterocycles. The number of hydrogen-bond donors (Lipinski definition) is 0. The summed E-state index contributed by atoms with van der Waals surface area (Å²) < 4.78 is 26.4. The lowest BCUT2D eigenvalue weighted by molar-refractivity contribution is 0.0979. The second-order valence-corrected chi connectivity index (χ2v) is 10.7. The molecule has 0 radical (unpaired) electrons. The van der Waals surface area contributed by atoms with Crippen molar-refractivity contribution >= 4 is 60.5 Å². The molecule has 11 heteroatoms. The van der Waals surface area contributed by atoms with Crippen LogP contribution in [0.1, 0.15) is 16.2 Å². The summed E-state index contributed by atoms with van der Waals surface area (Å²) in [6, 6.07) is 10.4. The van der Waals surface area contributed by atoms with Crippen molar-refractivity contribution in [3.63, 3.8) is 0 Å². The third kappa shape index (κ3) is 4.63. The van der Waals surface area contributed by atoms with Crippen LogP contribution in [0.4, 0.5) is 5.13 Å². The molecule has 0 bridgehead atoms. The van der Waals surface area contributed by atoms with E-state index in [9.17, 15) is 13.2 Å². The molecule has 0 spiro atoms. The predicted molar refractivity (Wildman–Crippen MR) is 130 cm³/mol. The van der Waals surface area contributed by atoms with Gasteiger partial charge in [-0.3, -0.25) is 14.1 Å². The average Bonchev–Trinajstić information content (AvgIpc) is 3.26. The number of sulfone groups is 1. The van der Waals surface area contributed by atoms with Crippen LogP contribution in [0, 0.1) is 6.92 Å². The molecular formula is C21H24ClN5O3S2. The number of imidazole rings is 1. The molecule has 1 amide bonds. The van der Waals surface area contributed by atoms with Crippen LogP contribution in [0.3, 0.4) is 0 Å². The second kappa shape index (κ2) is 9.14. The molecule has 0 saturated heterocycles. The van der Waals surface area contributed by atoms with Gasteiger partial charge in [-0.2, -0.15) is 0 Å². The van der Waals surface area contributed by atoms with Gasteiger partial charge in [0.2, 0.25) is 0 Å². The molecule has 0 unspecified atom stereocenters. The zero-order chi connectivity index (χ0) is 22.3. The van der Waals surface area contributed by atoms with Crippen molar-refractivity contribution in [2.24, 2.45) is 0 Å². The number of thiazole rings is 1. The average molecular weight is 494 g/mol. The quantitative estimate of drug-likeness (QED) is 0.409. The first kappa shape index (κ1) is 24.1. The number of rotatable bonds is 6. The van der Waals surface area contributed by atoms with Crippen LogP contribution in [0.25, 0.3) is 15.9 Å². The molecule has 0 saturated carbocycles. The van der Waals surface area contributed by atoms with Gasteiger partial charge in [0.15, 0.2) is 15.0 Å². The van der Waals surface area contributed by atoms with Gasteiger partial charge in [-0.1, -0.05) is 17.4 Å². The van der Waals surface area contributed by atoms with Crippen molar-refractivity contribution in [2.45, 2.75) is 11.8 Å². The Kier molecular flexibility index (Phi) is 6.89. The van der Waals surface area contributed by atoms with Crippen molar-refractivity contribution in [1.29, 1.82) is 0 Å². The summed E-state index contributed by atoms with van der Waals surface area (Å²) in [5.74, 6) is -0.194. The molecule has 1 aromatic carbocycles. The van der Waals surface area contributed by atoms with Crippen LogP contribution in [-0.4, -0.2) is 67.0 Å². The molecule has 0 atom stereocenters. The summed E-state index contributed by atoms with van der Waals surface area (Å²) in [5, 5.41) is 0.526. The van der Waals surface area contributed by atoms with Gasteiger partial charge in [0.1, 0.15) is 11.3 Å². The lowest BCUT2D eigenvalue weighted by Crippen LogP contribution is -2.37. The molecule has 0 fully saturated rings. The maximum absolute atomic E-state index is 13.7. The highest BCUT2D eigenvalue weighted by molar-refractivity contribution is 7.90. The number of nitrogens with zero attached hydrogens (tertiary/aromatic N) is 5. The maximum Gasteiger partial charge on any atom is 0.279 e. The standard InChI is InChI=1S/C21H23N5O3S2.ClH/c1-14-19(25-10-6-5-7-18(25)22-14)20(27)26(12-11-24(2)3)21-23-16-9-8-15(31(4,28)29)13-17(16)30-21;/h5-10,13H,11-12H2,1-4H3;1H. The van der Waals surface area contributed by atoms with Gasteiger partial charge >= 0.3 is 0 Å². The normalized spacial score (nSPS) is 11.8. The summed E-state index contributed by atoms with van der Waals surface area (Å²) in [6.07, 6.45) is 3.00. The molecule has 0 aliphatic carbocycles. The SMILES string of the molecule is Cc1nc2ccccn2c1C(=O)N(CCN(C)C)c1nc2ccc(S(C)(=O)=O)cc2s1.Cl. The number of hydrogen-bond acceptors (Lipinski definition) is 7. The molecule has 32 heavy (non-hydrogen) atoms. The van der Waals surface area contributed by atoms with Crippen molar-refractivity contribution < 1.29 is 13.2 Å². The Balaban J connectivity index is 0.00000289. The largest absolute Gasteiger partial charge is 0.308 e. The van der Waals surface area contributed by atoms with E-state index in [0.717, 1.165) is 4.70 Å². The predicted octanol–water partition coefficient (Wildman–Crippen LogP) is 3.29. The number of pyridine rings is 1. The summed E-state index contributed by atoms with van der Waals surface area (Å²) in [4.78, 5) is 26.7. The van der Waals surface area contributed by atoms with Crippen LogP contribution < -0.4 is 4.90 Å². The molecule has 3 aromatic heterocycles. The molecule has 4 aromatic rings. The Bertz CT molecular complexity index is 1400. The molecule has 0 aliphatic rings. The van der Waals surface area contributed by atoms with Crippen LogP contribution in [0.2, 0.25) is 0 Å². The first-order chi connectivity index (χ1) is 14.6. The first-order valence-corrected chi connectivity index (χ1v) is 12.4. The minimum absolute atomic E-state index is 0. The lowest BCUT2D eigenvalue weighted by atomic mass is 10.3. The van der Waals surface area contributed by atoms with E-state index in [1.54, 1.807) is 27.5 Å². The number of amides is 1. The van der Waals surface area contributed by atoms with Crippen molar-refractivity contribution in [3.8, 4) is 0 Å². The topological polar surface area (TPSA) is 87.9 Å². The number of carbonyl (C=O) groups is 1. The van der Waals surface area contributed by atoms with Gasteiger partial charge in [0.25, 0.3) is 5.91 Å². The van der Waals surface area contributed by atoms with Gasteiger partial charge in [-0.05, 0) is 51.4 Å². The van der Waals surface area contributed by atoms with E-state index in [1.807, 2.05) is 50.3 Å². The lowest BCUT2D eigenvalue weighted by Gasteiger charge is -2.22. The number of anilines is 1. The van der Waals surface area contributed by atoms with Crippen LogP contribution >= 0.6 is 23.7 Å². The zero-order valence-electron chi connectivity index (χ0n) is 18.1. The molecule has 8 nitrogen and oxygen atoms in total. The van der Waals surface area contributed by atoms with E-state index in [4.69, 9.17) is 0 Å². The summed E-state index contributed by atoms with van der Waals surface area (Å²) >= 11 is 1.31. The van der Waals surface area contributed by atoms with Crippen LogP contribution in [-0.2, 0) is 9.84 Å². The Morgan fingerprint density at radius 3 is 2.56 bits per heavy atom. The first-order valence-electron chi connectivity index (χ1n) is 9.66. The van der Waals surface area contributed by atoms with E-state index in [2.05, 4.69) is 9.97 Å². The molecular weight excluding hydrogens is 470 g/mol. The van der Waals surface area contributed by atoms with Gasteiger partial charge in [0.05, 0.1) is 20.8 Å². The fraction of sp³-hybridized carbons (Fsp3) is 0.286. The number of benzene rings is 1. The van der Waals surface area contributed by atoms with E-state index in [1.165, 1.54) is 17.6 Å². The minimum Gasteiger partial charge on any atom is -0.308 e. The van der Waals surface area contributed by atoms with Crippen molar-refractivity contribution in [1.82, 2.24) is 19.3 Å². The fourth-order valence-electron chi connectivity index (χ4n) is 3.32. The number of aromatic nitrogens is 3. The molecule has 0 N–H and O–H groups in total. The highest BCUT2D eigenvalue weighted by Gasteiger charge is 2.26. The third-order valence-corrected chi connectivity index (χ3v) is 7.08. The highest BCUT2D eigenvalue weighted by Crippen LogP contribution is 2.32. The summed E-state index contributed by atoms with van der Waals surface area (Å²) in [5.41, 5.74) is 2.50. The third-order valence-electron chi connectivity index (χ3n) is 4.93. The van der Waals surface area contributed by atoms with E-state index in [-0.39, 0.29) is 23.2 Å². The molecule has 0 aliphatic heterocycles. The van der Waals surface area contributed by atoms with Gasteiger partial charge in [-0.25, -0.2) is 18.4 Å². The Morgan fingerprint density at radius 1 is 1.12 bits per heavy atom. The fourth-order valence-corrected chi connectivity index (χ4v) is 5.07. The van der Waals surface area contributed by atoms with E-state index in [0.29, 0.717) is 40.8 Å². The smallest absolute Gasteiger partial charge is 0.279 e. The number of carbonyl (C=O) groups excluding carboxylic acids is 1. The van der Waals surface area contributed by atoms with E-state index >= 15 is 0 Å². The van der Waals surface area contributed by atoms with E-state index < -0.39 is 9.84 Å². The molecule has 4 rings (SSSR count). The minimum atomic E-state index is -3.33. The number of halogens is 1. The highest BCUT2D eigenvalue weighted by atomic mass is 35.5. The summed E-state index contributed by atoms with van der Waals surface area (Å²) in [7, 11) is 0.558. The van der Waals surface area contributed by atoms with Crippen molar-refractivity contribution in [2.75, 3.05) is 38.3 Å². The summed E-state index contributed by atoms with van der Waals surface area (Å²) in [6.45, 7) is 2.90. The van der Waals surface area contributed by atoms with Crippen LogP contribution in [0.5, 0.6) is 0 Å². The van der Waals surface area contributed by atoms with Crippen LogP contribution in [0.15, 0.2) is 47.5 Å². The number of aryl methyl sites for hydroxylation is 1. The number of likely N-dealkylation sites (N-methyl/N-ethyl adjacent to an activating group) is 1. The maximum atomic E-state index is 13.7. The zero-order valence-corrected chi connectivity index (χ0v) is 20.6. The Labute approximate surface area is 196 Å². The van der Waals surface area contributed by atoms with Gasteiger partial charge in [-0.15, -0.1) is 12.4 Å². The second-order valence-electron chi connectivity index (χ2n) is 7.63. The Morgan fingerprint density at radius 2 is 1.88 bits per heavy atom. The Hall–Kier alpha value is -2.53. The van der Waals surface area contributed by atoms with Gasteiger partial charge < -0.3 is 4.90 Å². The monoisotopic (exact) mass is 493 g/mol. The van der Waals surface area contributed by atoms with Gasteiger partial charge in [0, 0.05) is 25.5 Å². The molecule has 170 valence electrons. The van der Waals surface area contributed by atoms with Crippen molar-refractivity contribution in [3.05, 3.63) is 54.0 Å².